The monoisotopic (exact) mass is 173 g/mol. The Kier molecular flexibility index (Phi) is 1.95. The highest BCUT2D eigenvalue weighted by Crippen LogP contribution is 2.54. The zero-order valence-corrected chi connectivity index (χ0v) is 8.33. The minimum absolute atomic E-state index is 0.0434. The maximum absolute atomic E-state index is 8.66. The van der Waals surface area contributed by atoms with E-state index < -0.39 is 0 Å². The molecular formula is C8H15NOS. The Morgan fingerprint density at radius 3 is 2.18 bits per heavy atom. The van der Waals surface area contributed by atoms with Gasteiger partial charge in [0, 0.05) is 0 Å². The summed E-state index contributed by atoms with van der Waals surface area (Å²) in [4.78, 5) is 0. The third-order valence-corrected chi connectivity index (χ3v) is 4.59. The van der Waals surface area contributed by atoms with Crippen molar-refractivity contribution < 1.29 is 5.21 Å². The van der Waals surface area contributed by atoms with Gasteiger partial charge in [0.15, 0.2) is 0 Å². The van der Waals surface area contributed by atoms with Gasteiger partial charge in [0.2, 0.25) is 0 Å². The molecule has 1 fully saturated rings. The third kappa shape index (κ3) is 0.975. The van der Waals surface area contributed by atoms with E-state index in [9.17, 15) is 0 Å². The second-order valence-electron chi connectivity index (χ2n) is 3.84. The molecule has 1 saturated carbocycles. The summed E-state index contributed by atoms with van der Waals surface area (Å²) in [5.74, 6) is 0. The molecule has 0 bridgehead atoms. The van der Waals surface area contributed by atoms with Crippen LogP contribution < -0.4 is 0 Å². The Morgan fingerprint density at radius 2 is 2.00 bits per heavy atom. The topological polar surface area (TPSA) is 32.6 Å². The van der Waals surface area contributed by atoms with Gasteiger partial charge in [-0.1, -0.05) is 19.0 Å². The largest absolute Gasteiger partial charge is 0.411 e. The van der Waals surface area contributed by atoms with Crippen molar-refractivity contribution in [2.24, 2.45) is 10.6 Å². The van der Waals surface area contributed by atoms with E-state index in [1.807, 2.05) is 0 Å². The Hall–Kier alpha value is -0.180. The molecule has 1 atom stereocenters. The first-order valence-corrected chi connectivity index (χ1v) is 4.97. The van der Waals surface area contributed by atoms with Crippen LogP contribution in [0.3, 0.4) is 0 Å². The van der Waals surface area contributed by atoms with Gasteiger partial charge >= 0.3 is 0 Å². The van der Waals surface area contributed by atoms with Crippen molar-refractivity contribution in [3.63, 3.8) is 0 Å². The molecule has 0 aromatic rings. The van der Waals surface area contributed by atoms with E-state index in [0.717, 1.165) is 12.1 Å². The predicted octanol–water partition coefficient (Wildman–Crippen LogP) is 2.37. The SMILES string of the molecule is CSC1(C)/C(=N/O)CC1(C)C. The molecule has 0 aromatic heterocycles. The number of thioether (sulfide) groups is 1. The number of nitrogens with zero attached hydrogens (tertiary/aromatic N) is 1. The quantitative estimate of drug-likeness (QED) is 0.487. The molecule has 0 saturated heterocycles. The molecule has 3 heteroatoms. The van der Waals surface area contributed by atoms with E-state index in [2.05, 4.69) is 32.2 Å². The van der Waals surface area contributed by atoms with E-state index in [4.69, 9.17) is 5.21 Å². The fourth-order valence-electron chi connectivity index (χ4n) is 1.56. The van der Waals surface area contributed by atoms with Crippen molar-refractivity contribution in [1.82, 2.24) is 0 Å². The van der Waals surface area contributed by atoms with E-state index in [0.29, 0.717) is 0 Å². The van der Waals surface area contributed by atoms with Gasteiger partial charge in [-0.05, 0) is 25.0 Å². The van der Waals surface area contributed by atoms with Crippen LogP contribution in [-0.4, -0.2) is 21.9 Å². The van der Waals surface area contributed by atoms with Crippen LogP contribution in [0.5, 0.6) is 0 Å². The molecular weight excluding hydrogens is 158 g/mol. The number of hydrogen-bond acceptors (Lipinski definition) is 3. The fraction of sp³-hybridized carbons (Fsp3) is 0.875. The average Bonchev–Trinajstić information content (AvgIpc) is 1.98. The van der Waals surface area contributed by atoms with Crippen molar-refractivity contribution >= 4 is 17.5 Å². The second-order valence-corrected chi connectivity index (χ2v) is 5.07. The van der Waals surface area contributed by atoms with Crippen LogP contribution in [-0.2, 0) is 0 Å². The molecule has 2 nitrogen and oxygen atoms in total. The minimum atomic E-state index is 0.0434. The standard InChI is InChI=1S/C8H15NOS/c1-7(2)5-6(9-10)8(7,3)11-4/h10H,5H2,1-4H3/b9-6+. The molecule has 1 rings (SSSR count). The van der Waals surface area contributed by atoms with Gasteiger partial charge in [-0.15, -0.1) is 0 Å². The molecule has 0 heterocycles. The lowest BCUT2D eigenvalue weighted by Gasteiger charge is -2.53. The van der Waals surface area contributed by atoms with Crippen LogP contribution >= 0.6 is 11.8 Å². The summed E-state index contributed by atoms with van der Waals surface area (Å²) in [6.45, 7) is 6.55. The van der Waals surface area contributed by atoms with Crippen molar-refractivity contribution in [3.05, 3.63) is 0 Å². The number of rotatable bonds is 1. The summed E-state index contributed by atoms with van der Waals surface area (Å²) in [6, 6.07) is 0. The Bertz CT molecular complexity index is 200. The summed E-state index contributed by atoms with van der Waals surface area (Å²) >= 11 is 1.76. The normalized spacial score (nSPS) is 38.7. The molecule has 0 amide bonds. The van der Waals surface area contributed by atoms with E-state index in [-0.39, 0.29) is 10.2 Å². The van der Waals surface area contributed by atoms with Crippen LogP contribution in [0, 0.1) is 5.41 Å². The van der Waals surface area contributed by atoms with Crippen molar-refractivity contribution in [2.75, 3.05) is 6.26 Å². The van der Waals surface area contributed by atoms with Crippen molar-refractivity contribution in [3.8, 4) is 0 Å². The van der Waals surface area contributed by atoms with Crippen molar-refractivity contribution in [2.45, 2.75) is 31.9 Å². The first-order valence-electron chi connectivity index (χ1n) is 3.74. The molecule has 11 heavy (non-hydrogen) atoms. The van der Waals surface area contributed by atoms with Crippen LogP contribution in [0.15, 0.2) is 5.16 Å². The summed E-state index contributed by atoms with van der Waals surface area (Å²) in [5.41, 5.74) is 1.20. The van der Waals surface area contributed by atoms with Gasteiger partial charge < -0.3 is 5.21 Å². The molecule has 0 aromatic carbocycles. The fourth-order valence-corrected chi connectivity index (χ4v) is 2.54. The Labute approximate surface area is 72.1 Å². The maximum atomic E-state index is 8.66. The highest BCUT2D eigenvalue weighted by atomic mass is 32.2. The lowest BCUT2D eigenvalue weighted by Crippen LogP contribution is -2.57. The molecule has 1 unspecified atom stereocenters. The first-order chi connectivity index (χ1) is 4.98. The van der Waals surface area contributed by atoms with Crippen LogP contribution in [0.2, 0.25) is 0 Å². The molecule has 0 radical (unpaired) electrons. The van der Waals surface area contributed by atoms with Crippen LogP contribution in [0.4, 0.5) is 0 Å². The minimum Gasteiger partial charge on any atom is -0.411 e. The number of oxime groups is 1. The molecule has 1 N–H and O–H groups in total. The van der Waals surface area contributed by atoms with Gasteiger partial charge in [-0.25, -0.2) is 0 Å². The number of hydrogen-bond donors (Lipinski definition) is 1. The third-order valence-electron chi connectivity index (χ3n) is 2.98. The molecule has 0 aliphatic heterocycles. The highest BCUT2D eigenvalue weighted by Gasteiger charge is 2.55. The van der Waals surface area contributed by atoms with Crippen LogP contribution in [0.25, 0.3) is 0 Å². The molecule has 0 spiro atoms. The van der Waals surface area contributed by atoms with Gasteiger partial charge in [0.25, 0.3) is 0 Å². The van der Waals surface area contributed by atoms with E-state index in [1.165, 1.54) is 0 Å². The van der Waals surface area contributed by atoms with Crippen LogP contribution in [0.1, 0.15) is 27.2 Å². The van der Waals surface area contributed by atoms with E-state index in [1.54, 1.807) is 11.8 Å². The summed E-state index contributed by atoms with van der Waals surface area (Å²) in [5, 5.41) is 12.0. The van der Waals surface area contributed by atoms with Gasteiger partial charge in [0.05, 0.1) is 10.5 Å². The first kappa shape index (κ1) is 8.91. The van der Waals surface area contributed by atoms with Gasteiger partial charge in [0.1, 0.15) is 0 Å². The summed E-state index contributed by atoms with van der Waals surface area (Å²) in [6.07, 6.45) is 2.98. The zero-order valence-electron chi connectivity index (χ0n) is 7.51. The predicted molar refractivity (Wildman–Crippen MR) is 49.5 cm³/mol. The maximum Gasteiger partial charge on any atom is 0.0739 e. The average molecular weight is 173 g/mol. The highest BCUT2D eigenvalue weighted by molar-refractivity contribution is 8.00. The summed E-state index contributed by atoms with van der Waals surface area (Å²) < 4.78 is 0.0434. The molecule has 1 aliphatic rings. The molecule has 64 valence electrons. The zero-order chi connectivity index (χ0) is 8.70. The Morgan fingerprint density at radius 1 is 1.45 bits per heavy atom. The molecule has 1 aliphatic carbocycles. The lowest BCUT2D eigenvalue weighted by atomic mass is 9.61. The van der Waals surface area contributed by atoms with E-state index >= 15 is 0 Å². The van der Waals surface area contributed by atoms with Crippen molar-refractivity contribution in [1.29, 1.82) is 0 Å². The lowest BCUT2D eigenvalue weighted by molar-refractivity contribution is 0.242. The summed E-state index contributed by atoms with van der Waals surface area (Å²) in [7, 11) is 0. The smallest absolute Gasteiger partial charge is 0.0739 e. The Balaban J connectivity index is 2.88. The van der Waals surface area contributed by atoms with Gasteiger partial charge in [-0.2, -0.15) is 11.8 Å². The van der Waals surface area contributed by atoms with Gasteiger partial charge in [-0.3, -0.25) is 0 Å². The second kappa shape index (κ2) is 2.41.